The van der Waals surface area contributed by atoms with Crippen LogP contribution in [0, 0.1) is 0 Å². The summed E-state index contributed by atoms with van der Waals surface area (Å²) in [6.07, 6.45) is -0.433. The van der Waals surface area contributed by atoms with Crippen LogP contribution < -0.4 is 5.32 Å². The fourth-order valence-corrected chi connectivity index (χ4v) is 1.51. The molecular formula is C19H33NO3. The van der Waals surface area contributed by atoms with E-state index in [-0.39, 0.29) is 5.91 Å². The number of ether oxygens (including phenoxy) is 2. The third-order valence-corrected chi connectivity index (χ3v) is 2.78. The Kier molecular flexibility index (Phi) is 15.4. The van der Waals surface area contributed by atoms with E-state index in [0.717, 1.165) is 11.1 Å². The van der Waals surface area contributed by atoms with Crippen LogP contribution in [0.3, 0.4) is 0 Å². The maximum absolute atomic E-state index is 11.5. The zero-order valence-electron chi connectivity index (χ0n) is 15.7. The van der Waals surface area contributed by atoms with Gasteiger partial charge in [0.1, 0.15) is 11.9 Å². The van der Waals surface area contributed by atoms with Crippen LogP contribution in [0.2, 0.25) is 0 Å². The van der Waals surface area contributed by atoms with E-state index in [1.807, 2.05) is 58.9 Å². The fraction of sp³-hybridized carbons (Fsp3) is 0.526. The zero-order valence-corrected chi connectivity index (χ0v) is 15.7. The van der Waals surface area contributed by atoms with Gasteiger partial charge in [-0.25, -0.2) is 0 Å². The Morgan fingerprint density at radius 2 is 1.70 bits per heavy atom. The van der Waals surface area contributed by atoms with Gasteiger partial charge in [0.15, 0.2) is 0 Å². The van der Waals surface area contributed by atoms with Crippen LogP contribution in [0.4, 0.5) is 0 Å². The van der Waals surface area contributed by atoms with Gasteiger partial charge in [0.05, 0.1) is 6.61 Å². The second-order valence-electron chi connectivity index (χ2n) is 4.15. The molecule has 0 aliphatic rings. The number of nitrogens with one attached hydrogen (secondary N) is 1. The van der Waals surface area contributed by atoms with Crippen molar-refractivity contribution in [3.05, 3.63) is 42.0 Å². The van der Waals surface area contributed by atoms with Crippen molar-refractivity contribution in [1.29, 1.82) is 0 Å². The molecule has 0 bridgehead atoms. The second-order valence-corrected chi connectivity index (χ2v) is 4.15. The summed E-state index contributed by atoms with van der Waals surface area (Å²) < 4.78 is 10.3. The highest BCUT2D eigenvalue weighted by atomic mass is 16.5. The molecule has 0 aliphatic carbocycles. The van der Waals surface area contributed by atoms with E-state index in [4.69, 9.17) is 9.47 Å². The van der Waals surface area contributed by atoms with Crippen molar-refractivity contribution in [2.45, 2.75) is 54.2 Å². The van der Waals surface area contributed by atoms with E-state index in [1.54, 1.807) is 6.92 Å². The van der Waals surface area contributed by atoms with Crippen LogP contribution in [-0.4, -0.2) is 25.7 Å². The second kappa shape index (κ2) is 15.1. The normalized spacial score (nSPS) is 10.2. The van der Waals surface area contributed by atoms with Gasteiger partial charge in [0.25, 0.3) is 0 Å². The Labute approximate surface area is 141 Å². The summed E-state index contributed by atoms with van der Waals surface area (Å²) >= 11 is 0. The number of amides is 1. The molecule has 4 heteroatoms. The lowest BCUT2D eigenvalue weighted by molar-refractivity contribution is -0.130. The number of rotatable bonds is 7. The summed E-state index contributed by atoms with van der Waals surface area (Å²) in [6, 6.07) is 7.74. The third kappa shape index (κ3) is 9.74. The van der Waals surface area contributed by atoms with Gasteiger partial charge in [-0.2, -0.15) is 0 Å². The molecule has 1 unspecified atom stereocenters. The zero-order chi connectivity index (χ0) is 18.3. The van der Waals surface area contributed by atoms with Crippen molar-refractivity contribution in [2.75, 3.05) is 13.7 Å². The van der Waals surface area contributed by atoms with E-state index >= 15 is 0 Å². The minimum Gasteiger partial charge on any atom is -0.494 e. The topological polar surface area (TPSA) is 47.6 Å². The Hall–Kier alpha value is -1.81. The highest BCUT2D eigenvalue weighted by Gasteiger charge is 2.10. The first kappa shape index (κ1) is 23.5. The van der Waals surface area contributed by atoms with Crippen molar-refractivity contribution in [3.8, 4) is 0 Å². The number of benzene rings is 1. The van der Waals surface area contributed by atoms with Crippen molar-refractivity contribution in [2.24, 2.45) is 0 Å². The SMILES string of the molecule is C=C(OCC)c1ccc(CNC(=O)C(C)OC)cc1.CC.CC. The van der Waals surface area contributed by atoms with Gasteiger partial charge in [-0.05, 0) is 19.4 Å². The van der Waals surface area contributed by atoms with Crippen molar-refractivity contribution in [3.63, 3.8) is 0 Å². The summed E-state index contributed by atoms with van der Waals surface area (Å²) in [5, 5.41) is 2.81. The summed E-state index contributed by atoms with van der Waals surface area (Å²) in [5.74, 6) is 0.538. The Morgan fingerprint density at radius 3 is 2.13 bits per heavy atom. The van der Waals surface area contributed by atoms with Crippen LogP contribution in [-0.2, 0) is 20.8 Å². The molecule has 0 saturated heterocycles. The van der Waals surface area contributed by atoms with Crippen LogP contribution in [0.5, 0.6) is 0 Å². The first-order chi connectivity index (χ1) is 11.1. The lowest BCUT2D eigenvalue weighted by atomic mass is 10.1. The van der Waals surface area contributed by atoms with Gasteiger partial charge < -0.3 is 14.8 Å². The fourth-order valence-electron chi connectivity index (χ4n) is 1.51. The smallest absolute Gasteiger partial charge is 0.249 e. The highest BCUT2D eigenvalue weighted by molar-refractivity contribution is 5.80. The molecule has 1 aromatic carbocycles. The Balaban J connectivity index is 0. The molecule has 0 radical (unpaired) electrons. The van der Waals surface area contributed by atoms with Gasteiger partial charge >= 0.3 is 0 Å². The minimum absolute atomic E-state index is 0.120. The Morgan fingerprint density at radius 1 is 1.17 bits per heavy atom. The van der Waals surface area contributed by atoms with Gasteiger partial charge in [0, 0.05) is 19.2 Å². The van der Waals surface area contributed by atoms with Gasteiger partial charge in [0.2, 0.25) is 5.91 Å². The predicted molar refractivity (Wildman–Crippen MR) is 98.1 cm³/mol. The monoisotopic (exact) mass is 323 g/mol. The molecule has 1 aromatic rings. The molecular weight excluding hydrogens is 290 g/mol. The number of carbonyl (C=O) groups excluding carboxylic acids is 1. The number of hydrogen-bond donors (Lipinski definition) is 1. The van der Waals surface area contributed by atoms with E-state index in [0.29, 0.717) is 18.9 Å². The molecule has 0 aromatic heterocycles. The number of carbonyl (C=O) groups is 1. The van der Waals surface area contributed by atoms with Crippen molar-refractivity contribution >= 4 is 11.7 Å². The van der Waals surface area contributed by atoms with Crippen LogP contribution >= 0.6 is 0 Å². The molecule has 0 saturated carbocycles. The largest absolute Gasteiger partial charge is 0.494 e. The first-order valence-electron chi connectivity index (χ1n) is 8.30. The summed E-state index contributed by atoms with van der Waals surface area (Å²) in [4.78, 5) is 11.5. The maximum atomic E-state index is 11.5. The van der Waals surface area contributed by atoms with Crippen LogP contribution in [0.1, 0.15) is 52.7 Å². The van der Waals surface area contributed by atoms with Crippen molar-refractivity contribution in [1.82, 2.24) is 5.32 Å². The molecule has 132 valence electrons. The molecule has 0 fully saturated rings. The Bertz CT molecular complexity index is 427. The van der Waals surface area contributed by atoms with Crippen molar-refractivity contribution < 1.29 is 14.3 Å². The average molecular weight is 323 g/mol. The number of methoxy groups -OCH3 is 1. The predicted octanol–water partition coefficient (Wildman–Crippen LogP) is 4.40. The van der Waals surface area contributed by atoms with Crippen LogP contribution in [0.15, 0.2) is 30.8 Å². The van der Waals surface area contributed by atoms with Gasteiger partial charge in [-0.15, -0.1) is 0 Å². The van der Waals surface area contributed by atoms with Gasteiger partial charge in [-0.3, -0.25) is 4.79 Å². The molecule has 23 heavy (non-hydrogen) atoms. The van der Waals surface area contributed by atoms with Gasteiger partial charge in [-0.1, -0.05) is 58.5 Å². The van der Waals surface area contributed by atoms with Crippen LogP contribution in [0.25, 0.3) is 5.76 Å². The molecule has 1 atom stereocenters. The highest BCUT2D eigenvalue weighted by Crippen LogP contribution is 2.14. The van der Waals surface area contributed by atoms with E-state index < -0.39 is 6.10 Å². The van der Waals surface area contributed by atoms with E-state index in [2.05, 4.69) is 11.9 Å². The molecule has 0 spiro atoms. The first-order valence-corrected chi connectivity index (χ1v) is 8.30. The third-order valence-electron chi connectivity index (χ3n) is 2.78. The molecule has 1 rings (SSSR count). The van der Waals surface area contributed by atoms with E-state index in [9.17, 15) is 4.79 Å². The molecule has 1 amide bonds. The lowest BCUT2D eigenvalue weighted by Gasteiger charge is -2.11. The quantitative estimate of drug-likeness (QED) is 0.757. The maximum Gasteiger partial charge on any atom is 0.249 e. The number of hydrogen-bond acceptors (Lipinski definition) is 3. The minimum atomic E-state index is -0.433. The average Bonchev–Trinajstić information content (AvgIpc) is 2.63. The molecule has 4 nitrogen and oxygen atoms in total. The molecule has 0 heterocycles. The molecule has 0 aliphatic heterocycles. The molecule has 1 N–H and O–H groups in total. The lowest BCUT2D eigenvalue weighted by Crippen LogP contribution is -2.33. The summed E-state index contributed by atoms with van der Waals surface area (Å²) in [6.45, 7) is 16.6. The summed E-state index contributed by atoms with van der Waals surface area (Å²) in [5.41, 5.74) is 1.96. The summed E-state index contributed by atoms with van der Waals surface area (Å²) in [7, 11) is 1.51. The van der Waals surface area contributed by atoms with E-state index in [1.165, 1.54) is 7.11 Å². The standard InChI is InChI=1S/C15H21NO3.2C2H6/c1-5-19-11(2)14-8-6-13(7-9-14)10-16-15(17)12(3)18-4;2*1-2/h6-9,12H,2,5,10H2,1,3-4H3,(H,16,17);2*1-2H3.